The third kappa shape index (κ3) is 3.98. The first-order valence-corrected chi connectivity index (χ1v) is 9.90. The minimum absolute atomic E-state index is 0.0472. The van der Waals surface area contributed by atoms with Gasteiger partial charge in [0.1, 0.15) is 0 Å². The Morgan fingerprint density at radius 3 is 2.65 bits per heavy atom. The van der Waals surface area contributed by atoms with Crippen LogP contribution < -0.4 is 5.32 Å². The van der Waals surface area contributed by atoms with E-state index in [0.717, 1.165) is 34.5 Å². The molecule has 0 spiro atoms. The lowest BCUT2D eigenvalue weighted by molar-refractivity contribution is -0.116. The zero-order chi connectivity index (χ0) is 18.8. The molecule has 0 saturated heterocycles. The highest BCUT2D eigenvalue weighted by Crippen LogP contribution is 2.32. The molecule has 1 atom stereocenters. The monoisotopic (exact) mass is 370 g/mol. The number of carbonyl (C=O) groups excluding carboxylic acids is 2. The largest absolute Gasteiger partial charge is 0.332 e. The van der Waals surface area contributed by atoms with Crippen molar-refractivity contribution in [2.24, 2.45) is 5.92 Å². The Kier molecular flexibility index (Phi) is 5.47. The summed E-state index contributed by atoms with van der Waals surface area (Å²) in [6, 6.07) is 7.93. The molecule has 3 rings (SSSR count). The molecule has 0 saturated carbocycles. The van der Waals surface area contributed by atoms with Gasteiger partial charge in [-0.15, -0.1) is 11.3 Å². The van der Waals surface area contributed by atoms with Gasteiger partial charge in [0, 0.05) is 17.6 Å². The molecule has 1 aromatic heterocycles. The number of thiophene rings is 1. The summed E-state index contributed by atoms with van der Waals surface area (Å²) in [5.41, 5.74) is 4.18. The molecule has 5 heteroatoms. The quantitative estimate of drug-likeness (QED) is 0.877. The predicted molar refractivity (Wildman–Crippen MR) is 107 cm³/mol. The van der Waals surface area contributed by atoms with Crippen LogP contribution in [0.2, 0.25) is 0 Å². The molecule has 0 radical (unpaired) electrons. The Morgan fingerprint density at radius 1 is 1.27 bits per heavy atom. The Hall–Kier alpha value is -2.14. The van der Waals surface area contributed by atoms with E-state index in [2.05, 4.69) is 12.2 Å². The number of nitrogens with zero attached hydrogens (tertiary/aromatic N) is 1. The molecule has 0 fully saturated rings. The minimum atomic E-state index is -0.173. The standard InChI is InChI=1S/C21H26N2O2S/c1-13-8-9-17-16(10-13)11-18(26-17)21(25)23(4)12-19(24)22-20-14(2)6-5-7-15(20)3/h5-7,11,13H,8-10,12H2,1-4H3,(H,22,24)/t13-/m1/s1. The maximum absolute atomic E-state index is 12.7. The van der Waals surface area contributed by atoms with Gasteiger partial charge in [-0.05, 0) is 61.8 Å². The maximum Gasteiger partial charge on any atom is 0.264 e. The number of carbonyl (C=O) groups is 2. The van der Waals surface area contributed by atoms with Crippen LogP contribution in [0.3, 0.4) is 0 Å². The molecular weight excluding hydrogens is 344 g/mol. The summed E-state index contributed by atoms with van der Waals surface area (Å²) in [4.78, 5) is 28.7. The summed E-state index contributed by atoms with van der Waals surface area (Å²) in [5.74, 6) is 0.433. The van der Waals surface area contributed by atoms with Crippen LogP contribution in [0.25, 0.3) is 0 Å². The third-order valence-electron chi connectivity index (χ3n) is 5.01. The summed E-state index contributed by atoms with van der Waals surface area (Å²) < 4.78 is 0. The van der Waals surface area contributed by atoms with Gasteiger partial charge in [0.15, 0.2) is 0 Å². The molecule has 1 aliphatic rings. The van der Waals surface area contributed by atoms with Crippen molar-refractivity contribution in [1.29, 1.82) is 0 Å². The molecule has 0 unspecified atom stereocenters. The Bertz CT molecular complexity index is 820. The van der Waals surface area contributed by atoms with E-state index in [1.807, 2.05) is 38.1 Å². The van der Waals surface area contributed by atoms with Gasteiger partial charge in [-0.2, -0.15) is 0 Å². The zero-order valence-corrected chi connectivity index (χ0v) is 16.7. The SMILES string of the molecule is Cc1cccc(C)c1NC(=O)CN(C)C(=O)c1cc2c(s1)CC[C@@H](C)C2. The van der Waals surface area contributed by atoms with Crippen molar-refractivity contribution in [2.75, 3.05) is 18.9 Å². The summed E-state index contributed by atoms with van der Waals surface area (Å²) >= 11 is 1.59. The van der Waals surface area contributed by atoms with Gasteiger partial charge >= 0.3 is 0 Å². The summed E-state index contributed by atoms with van der Waals surface area (Å²) in [5, 5.41) is 2.94. The molecule has 1 aromatic carbocycles. The van der Waals surface area contributed by atoms with E-state index in [1.54, 1.807) is 18.4 Å². The van der Waals surface area contributed by atoms with E-state index in [1.165, 1.54) is 21.8 Å². The fraction of sp³-hybridized carbons (Fsp3) is 0.429. The number of para-hydroxylation sites is 1. The number of likely N-dealkylation sites (N-methyl/N-ethyl adjacent to an activating group) is 1. The molecule has 1 aliphatic carbocycles. The van der Waals surface area contributed by atoms with Crippen molar-refractivity contribution in [3.05, 3.63) is 50.7 Å². The lowest BCUT2D eigenvalue weighted by Crippen LogP contribution is -2.34. The van der Waals surface area contributed by atoms with Gasteiger partial charge in [0.25, 0.3) is 5.91 Å². The summed E-state index contributed by atoms with van der Waals surface area (Å²) in [6.45, 7) is 6.24. The number of aryl methyl sites for hydroxylation is 3. The van der Waals surface area contributed by atoms with Crippen LogP contribution >= 0.6 is 11.3 Å². The zero-order valence-electron chi connectivity index (χ0n) is 15.9. The number of amides is 2. The van der Waals surface area contributed by atoms with E-state index in [9.17, 15) is 9.59 Å². The van der Waals surface area contributed by atoms with E-state index in [4.69, 9.17) is 0 Å². The van der Waals surface area contributed by atoms with Crippen molar-refractivity contribution in [2.45, 2.75) is 40.0 Å². The van der Waals surface area contributed by atoms with Gasteiger partial charge in [0.05, 0.1) is 11.4 Å². The molecule has 1 N–H and O–H groups in total. The first-order chi connectivity index (χ1) is 12.3. The van der Waals surface area contributed by atoms with Crippen molar-refractivity contribution < 1.29 is 9.59 Å². The van der Waals surface area contributed by atoms with Crippen LogP contribution in [0.4, 0.5) is 5.69 Å². The first-order valence-electron chi connectivity index (χ1n) is 9.08. The summed E-state index contributed by atoms with van der Waals surface area (Å²) in [6.07, 6.45) is 3.30. The highest BCUT2D eigenvalue weighted by atomic mass is 32.1. The smallest absolute Gasteiger partial charge is 0.264 e. The molecular formula is C21H26N2O2S. The van der Waals surface area contributed by atoms with E-state index >= 15 is 0 Å². The molecule has 26 heavy (non-hydrogen) atoms. The number of fused-ring (bicyclic) bond motifs is 1. The average molecular weight is 371 g/mol. The van der Waals surface area contributed by atoms with E-state index in [-0.39, 0.29) is 18.4 Å². The van der Waals surface area contributed by atoms with Crippen molar-refractivity contribution >= 4 is 28.8 Å². The molecule has 4 nitrogen and oxygen atoms in total. The van der Waals surface area contributed by atoms with Crippen molar-refractivity contribution in [3.8, 4) is 0 Å². The second kappa shape index (κ2) is 7.62. The van der Waals surface area contributed by atoms with Gasteiger partial charge in [0.2, 0.25) is 5.91 Å². The molecule has 1 heterocycles. The van der Waals surface area contributed by atoms with Gasteiger partial charge < -0.3 is 10.2 Å². The van der Waals surface area contributed by atoms with Crippen LogP contribution in [0, 0.1) is 19.8 Å². The van der Waals surface area contributed by atoms with Gasteiger partial charge in [-0.25, -0.2) is 0 Å². The molecule has 0 aliphatic heterocycles. The average Bonchev–Trinajstić information content (AvgIpc) is 3.00. The number of rotatable bonds is 4. The van der Waals surface area contributed by atoms with Crippen LogP contribution in [0.1, 0.15) is 44.6 Å². The normalized spacial score (nSPS) is 16.1. The van der Waals surface area contributed by atoms with Crippen LogP contribution in [-0.4, -0.2) is 30.3 Å². The summed E-state index contributed by atoms with van der Waals surface area (Å²) in [7, 11) is 1.69. The molecule has 0 bridgehead atoms. The molecule has 2 amide bonds. The predicted octanol–water partition coefficient (Wildman–Crippen LogP) is 4.20. The second-order valence-electron chi connectivity index (χ2n) is 7.38. The fourth-order valence-corrected chi connectivity index (χ4v) is 4.68. The van der Waals surface area contributed by atoms with Crippen molar-refractivity contribution in [1.82, 2.24) is 4.90 Å². The number of nitrogens with one attached hydrogen (secondary N) is 1. The maximum atomic E-state index is 12.7. The minimum Gasteiger partial charge on any atom is -0.332 e. The Balaban J connectivity index is 1.65. The van der Waals surface area contributed by atoms with Crippen LogP contribution in [0.5, 0.6) is 0 Å². The van der Waals surface area contributed by atoms with Gasteiger partial charge in [-0.1, -0.05) is 25.1 Å². The van der Waals surface area contributed by atoms with E-state index in [0.29, 0.717) is 5.92 Å². The molecule has 138 valence electrons. The Morgan fingerprint density at radius 2 is 1.96 bits per heavy atom. The highest BCUT2D eigenvalue weighted by molar-refractivity contribution is 7.14. The Labute approximate surface area is 159 Å². The van der Waals surface area contributed by atoms with E-state index < -0.39 is 0 Å². The fourth-order valence-electron chi connectivity index (χ4n) is 3.48. The topological polar surface area (TPSA) is 49.4 Å². The number of anilines is 1. The van der Waals surface area contributed by atoms with Gasteiger partial charge in [-0.3, -0.25) is 9.59 Å². The van der Waals surface area contributed by atoms with Crippen LogP contribution in [0.15, 0.2) is 24.3 Å². The second-order valence-corrected chi connectivity index (χ2v) is 8.52. The number of hydrogen-bond acceptors (Lipinski definition) is 3. The third-order valence-corrected chi connectivity index (χ3v) is 6.24. The highest BCUT2D eigenvalue weighted by Gasteiger charge is 2.23. The lowest BCUT2D eigenvalue weighted by Gasteiger charge is -2.17. The first kappa shape index (κ1) is 18.6. The number of benzene rings is 1. The molecule has 2 aromatic rings. The number of hydrogen-bond donors (Lipinski definition) is 1. The van der Waals surface area contributed by atoms with Crippen molar-refractivity contribution in [3.63, 3.8) is 0 Å². The van der Waals surface area contributed by atoms with Crippen LogP contribution in [-0.2, 0) is 17.6 Å². The lowest BCUT2D eigenvalue weighted by atomic mass is 9.90.